The Bertz CT molecular complexity index is 1520. The van der Waals surface area contributed by atoms with Crippen molar-refractivity contribution in [3.63, 3.8) is 0 Å². The van der Waals surface area contributed by atoms with E-state index in [0.29, 0.717) is 22.2 Å². The third-order valence-electron chi connectivity index (χ3n) is 5.28. The maximum atomic E-state index is 15.0. The number of halogens is 2. The van der Waals surface area contributed by atoms with Crippen LogP contribution in [0.2, 0.25) is 0 Å². The van der Waals surface area contributed by atoms with Gasteiger partial charge in [-0.1, -0.05) is 12.1 Å². The molecule has 0 fully saturated rings. The van der Waals surface area contributed by atoms with Gasteiger partial charge < -0.3 is 14.8 Å². The fourth-order valence-electron chi connectivity index (χ4n) is 3.55. The topological polar surface area (TPSA) is 121 Å². The van der Waals surface area contributed by atoms with Gasteiger partial charge in [0.05, 0.1) is 23.3 Å². The average molecular weight is 487 g/mol. The average Bonchev–Trinajstić information content (AvgIpc) is 3.23. The Labute approximate surface area is 193 Å². The lowest BCUT2D eigenvalue weighted by molar-refractivity contribution is 0.186. The number of hydrogen-bond donors (Lipinski definition) is 3. The minimum atomic E-state index is -3.44. The van der Waals surface area contributed by atoms with E-state index in [4.69, 9.17) is 0 Å². The highest BCUT2D eigenvalue weighted by Gasteiger charge is 2.26. The molecule has 1 atom stereocenters. The number of nitrogens with one attached hydrogen (secondary N) is 2. The van der Waals surface area contributed by atoms with Crippen LogP contribution < -0.4 is 5.32 Å². The van der Waals surface area contributed by atoms with Gasteiger partial charge in [-0.25, -0.2) is 27.0 Å². The smallest absolute Gasteiger partial charge is 0.411 e. The van der Waals surface area contributed by atoms with Crippen molar-refractivity contribution in [1.82, 2.24) is 9.97 Å². The Morgan fingerprint density at radius 1 is 1.18 bits per heavy atom. The third kappa shape index (κ3) is 4.35. The monoisotopic (exact) mass is 487 g/mol. The summed E-state index contributed by atoms with van der Waals surface area (Å²) in [6.07, 6.45) is 1.28. The summed E-state index contributed by atoms with van der Waals surface area (Å²) in [6.45, 7) is 0. The molecule has 0 saturated heterocycles. The Hall–Kier alpha value is -3.83. The highest BCUT2D eigenvalue weighted by Crippen LogP contribution is 2.35. The number of H-pyrrole nitrogens is 1. The van der Waals surface area contributed by atoms with Crippen molar-refractivity contribution in [2.45, 2.75) is 11.0 Å². The quantitative estimate of drug-likeness (QED) is 0.389. The second-order valence-electron chi connectivity index (χ2n) is 7.51. The van der Waals surface area contributed by atoms with E-state index in [1.54, 1.807) is 18.2 Å². The van der Waals surface area contributed by atoms with Gasteiger partial charge in [0, 0.05) is 35.2 Å². The molecule has 8 nitrogen and oxygen atoms in total. The molecule has 4 rings (SSSR count). The van der Waals surface area contributed by atoms with Gasteiger partial charge >= 0.3 is 6.09 Å². The molecule has 0 radical (unpaired) electrons. The molecule has 3 N–H and O–H groups in total. The van der Waals surface area contributed by atoms with Gasteiger partial charge in [0.15, 0.2) is 15.7 Å². The molecule has 11 heteroatoms. The summed E-state index contributed by atoms with van der Waals surface area (Å²) >= 11 is 0. The fourth-order valence-corrected chi connectivity index (χ4v) is 4.21. The number of aromatic nitrogens is 2. The van der Waals surface area contributed by atoms with Crippen molar-refractivity contribution >= 4 is 32.7 Å². The van der Waals surface area contributed by atoms with Crippen molar-refractivity contribution in [3.8, 4) is 11.1 Å². The fraction of sp³-hybridized carbons (Fsp3) is 0.130. The second-order valence-corrected chi connectivity index (χ2v) is 9.52. The number of pyridine rings is 1. The SMILES string of the molecule is COC(=O)Nc1ccc(F)c(C(O)c2c[nH]c3ncc(-c4cccc(S(C)(=O)=O)c4)cc23)c1F. The molecule has 4 aromatic rings. The van der Waals surface area contributed by atoms with Crippen molar-refractivity contribution < 1.29 is 31.8 Å². The highest BCUT2D eigenvalue weighted by molar-refractivity contribution is 7.90. The molecule has 2 aromatic carbocycles. The number of sulfone groups is 1. The van der Waals surface area contributed by atoms with Crippen molar-refractivity contribution in [2.24, 2.45) is 0 Å². The molecule has 1 amide bonds. The van der Waals surface area contributed by atoms with E-state index in [1.165, 1.54) is 24.5 Å². The van der Waals surface area contributed by atoms with E-state index in [2.05, 4.69) is 20.0 Å². The predicted octanol–water partition coefficient (Wildman–Crippen LogP) is 4.17. The van der Waals surface area contributed by atoms with Gasteiger partial charge in [-0.2, -0.15) is 0 Å². The maximum absolute atomic E-state index is 15.0. The van der Waals surface area contributed by atoms with Gasteiger partial charge in [-0.05, 0) is 35.9 Å². The van der Waals surface area contributed by atoms with Gasteiger partial charge in [0.25, 0.3) is 0 Å². The molecule has 176 valence electrons. The van der Waals surface area contributed by atoms with Crippen molar-refractivity contribution in [3.05, 3.63) is 77.6 Å². The number of hydrogen-bond acceptors (Lipinski definition) is 6. The molecular weight excluding hydrogens is 468 g/mol. The second kappa shape index (κ2) is 8.84. The summed E-state index contributed by atoms with van der Waals surface area (Å²) in [6, 6.07) is 9.81. The lowest BCUT2D eigenvalue weighted by Gasteiger charge is -2.15. The number of nitrogens with zero attached hydrogens (tertiary/aromatic N) is 1. The van der Waals surface area contributed by atoms with Gasteiger partial charge in [-0.3, -0.25) is 5.32 Å². The number of anilines is 1. The van der Waals surface area contributed by atoms with E-state index in [0.717, 1.165) is 25.5 Å². The number of carbonyl (C=O) groups is 1. The number of ether oxygens (including phenoxy) is 1. The van der Waals surface area contributed by atoms with Crippen LogP contribution in [-0.4, -0.2) is 43.0 Å². The molecule has 0 bridgehead atoms. The summed E-state index contributed by atoms with van der Waals surface area (Å²) in [5, 5.41) is 13.4. The van der Waals surface area contributed by atoms with Crippen LogP contribution in [0.5, 0.6) is 0 Å². The summed E-state index contributed by atoms with van der Waals surface area (Å²) < 4.78 is 57.8. The Kier molecular flexibility index (Phi) is 6.07. The van der Waals surface area contributed by atoms with Crippen LogP contribution in [0.25, 0.3) is 22.2 Å². The van der Waals surface area contributed by atoms with Crippen LogP contribution in [0.4, 0.5) is 19.3 Å². The number of methoxy groups -OCH3 is 1. The van der Waals surface area contributed by atoms with Crippen molar-refractivity contribution in [1.29, 1.82) is 0 Å². The largest absolute Gasteiger partial charge is 0.453 e. The molecule has 0 spiro atoms. The predicted molar refractivity (Wildman–Crippen MR) is 121 cm³/mol. The number of fused-ring (bicyclic) bond motifs is 1. The summed E-state index contributed by atoms with van der Waals surface area (Å²) in [4.78, 5) is 18.7. The molecule has 2 aromatic heterocycles. The van der Waals surface area contributed by atoms with E-state index < -0.39 is 39.2 Å². The van der Waals surface area contributed by atoms with Crippen LogP contribution >= 0.6 is 0 Å². The van der Waals surface area contributed by atoms with Crippen LogP contribution in [-0.2, 0) is 14.6 Å². The van der Waals surface area contributed by atoms with Crippen LogP contribution in [0.3, 0.4) is 0 Å². The zero-order valence-corrected chi connectivity index (χ0v) is 18.8. The maximum Gasteiger partial charge on any atom is 0.411 e. The Morgan fingerprint density at radius 2 is 1.94 bits per heavy atom. The lowest BCUT2D eigenvalue weighted by Crippen LogP contribution is -2.14. The number of amides is 1. The van der Waals surface area contributed by atoms with E-state index in [1.807, 2.05) is 0 Å². The zero-order valence-electron chi connectivity index (χ0n) is 18.0. The number of benzene rings is 2. The standard InChI is InChI=1S/C23H19F2N3O5S/c1-33-23(30)28-18-7-6-17(24)19(20(18)25)21(29)16-11-27-22-15(16)9-13(10-26-22)12-4-3-5-14(8-12)34(2,31)32/h3-11,21,29H,1-2H3,(H,26,27)(H,28,30). The molecule has 0 saturated carbocycles. The Balaban J connectivity index is 1.80. The minimum absolute atomic E-state index is 0.124. The van der Waals surface area contributed by atoms with Crippen LogP contribution in [0, 0.1) is 11.6 Å². The van der Waals surface area contributed by atoms with Gasteiger partial charge in [-0.15, -0.1) is 0 Å². The summed E-state index contributed by atoms with van der Waals surface area (Å²) in [5.41, 5.74) is 0.546. The normalized spacial score (nSPS) is 12.5. The van der Waals surface area contributed by atoms with Gasteiger partial charge in [0.2, 0.25) is 0 Å². The minimum Gasteiger partial charge on any atom is -0.453 e. The first-order valence-electron chi connectivity index (χ1n) is 9.88. The first kappa shape index (κ1) is 23.3. The van der Waals surface area contributed by atoms with E-state index >= 15 is 4.39 Å². The van der Waals surface area contributed by atoms with Crippen LogP contribution in [0.1, 0.15) is 17.2 Å². The number of carbonyl (C=O) groups excluding carboxylic acids is 1. The Morgan fingerprint density at radius 3 is 2.65 bits per heavy atom. The molecule has 34 heavy (non-hydrogen) atoms. The van der Waals surface area contributed by atoms with E-state index in [-0.39, 0.29) is 16.1 Å². The van der Waals surface area contributed by atoms with Crippen LogP contribution in [0.15, 0.2) is 59.8 Å². The zero-order chi connectivity index (χ0) is 24.6. The molecule has 0 aliphatic carbocycles. The number of aromatic amines is 1. The first-order valence-corrected chi connectivity index (χ1v) is 11.8. The highest BCUT2D eigenvalue weighted by atomic mass is 32.2. The summed E-state index contributed by atoms with van der Waals surface area (Å²) in [7, 11) is -2.34. The number of rotatable bonds is 5. The third-order valence-corrected chi connectivity index (χ3v) is 6.39. The molecule has 0 aliphatic rings. The number of aliphatic hydroxyl groups is 1. The molecular formula is C23H19F2N3O5S. The van der Waals surface area contributed by atoms with Gasteiger partial charge in [0.1, 0.15) is 17.6 Å². The van der Waals surface area contributed by atoms with E-state index in [9.17, 15) is 22.7 Å². The van der Waals surface area contributed by atoms with Crippen molar-refractivity contribution in [2.75, 3.05) is 18.7 Å². The number of aliphatic hydroxyl groups excluding tert-OH is 1. The molecule has 2 heterocycles. The lowest BCUT2D eigenvalue weighted by atomic mass is 9.98. The summed E-state index contributed by atoms with van der Waals surface area (Å²) in [5.74, 6) is -2.17. The molecule has 0 aliphatic heterocycles. The first-order chi connectivity index (χ1) is 16.1. The molecule has 1 unspecified atom stereocenters.